The van der Waals surface area contributed by atoms with Gasteiger partial charge < -0.3 is 4.90 Å². The monoisotopic (exact) mass is 392 g/mol. The second-order valence-electron chi connectivity index (χ2n) is 6.28. The largest absolute Gasteiger partial charge is 0.328 e. The van der Waals surface area contributed by atoms with Crippen LogP contribution in [0.2, 0.25) is 0 Å². The number of aromatic nitrogens is 1. The Labute approximate surface area is 147 Å². The summed E-state index contributed by atoms with van der Waals surface area (Å²) >= 11 is 5.01. The number of anilines is 2. The molecule has 3 heterocycles. The van der Waals surface area contributed by atoms with Gasteiger partial charge in [-0.2, -0.15) is 0 Å². The van der Waals surface area contributed by atoms with Crippen molar-refractivity contribution in [3.05, 3.63) is 39.8 Å². The molecule has 0 aliphatic carbocycles. The molecule has 0 radical (unpaired) electrons. The highest BCUT2D eigenvalue weighted by Crippen LogP contribution is 2.47. The third-order valence-corrected chi connectivity index (χ3v) is 5.90. The molecule has 2 amide bonds. The highest BCUT2D eigenvalue weighted by molar-refractivity contribution is 9.10. The Morgan fingerprint density at radius 2 is 2.30 bits per heavy atom. The first-order valence-electron chi connectivity index (χ1n) is 7.54. The second-order valence-corrected chi connectivity index (χ2v) is 8.09. The summed E-state index contributed by atoms with van der Waals surface area (Å²) in [7, 11) is 2.14. The fraction of sp³-hybridized carbons (Fsp3) is 0.375. The van der Waals surface area contributed by atoms with E-state index in [0.29, 0.717) is 5.13 Å². The van der Waals surface area contributed by atoms with E-state index in [1.165, 1.54) is 16.9 Å². The Morgan fingerprint density at radius 1 is 1.43 bits per heavy atom. The fourth-order valence-electron chi connectivity index (χ4n) is 3.70. The highest BCUT2D eigenvalue weighted by atomic mass is 79.9. The molecule has 1 atom stereocenters. The second kappa shape index (κ2) is 5.58. The van der Waals surface area contributed by atoms with Gasteiger partial charge in [0.15, 0.2) is 5.13 Å². The van der Waals surface area contributed by atoms with Crippen LogP contribution in [0.25, 0.3) is 0 Å². The molecule has 23 heavy (non-hydrogen) atoms. The number of thiazole rings is 1. The lowest BCUT2D eigenvalue weighted by Gasteiger charge is -2.25. The molecule has 0 saturated carbocycles. The number of nitrogens with one attached hydrogen (secondary N) is 1. The van der Waals surface area contributed by atoms with Crippen LogP contribution in [0.1, 0.15) is 12.0 Å². The molecule has 1 fully saturated rings. The van der Waals surface area contributed by atoms with E-state index in [0.717, 1.165) is 36.2 Å². The van der Waals surface area contributed by atoms with Gasteiger partial charge in [-0.05, 0) is 43.8 Å². The van der Waals surface area contributed by atoms with E-state index in [-0.39, 0.29) is 11.4 Å². The van der Waals surface area contributed by atoms with Crippen LogP contribution in [0.5, 0.6) is 0 Å². The molecule has 1 aromatic carbocycles. The van der Waals surface area contributed by atoms with Crippen LogP contribution in [-0.2, 0) is 5.41 Å². The van der Waals surface area contributed by atoms with Crippen molar-refractivity contribution in [1.82, 2.24) is 9.88 Å². The molecule has 0 bridgehead atoms. The molecule has 1 spiro atoms. The third kappa shape index (κ3) is 2.56. The van der Waals surface area contributed by atoms with E-state index in [9.17, 15) is 4.79 Å². The minimum absolute atomic E-state index is 0.0358. The van der Waals surface area contributed by atoms with E-state index in [1.807, 2.05) is 22.4 Å². The van der Waals surface area contributed by atoms with Gasteiger partial charge in [0.25, 0.3) is 0 Å². The minimum atomic E-state index is -0.102. The Bertz CT molecular complexity index is 751. The van der Waals surface area contributed by atoms with Crippen LogP contribution in [0.3, 0.4) is 0 Å². The van der Waals surface area contributed by atoms with Crippen molar-refractivity contribution in [2.75, 3.05) is 36.9 Å². The number of fused-ring (bicyclic) bond motifs is 2. The van der Waals surface area contributed by atoms with E-state index < -0.39 is 0 Å². The molecule has 1 N–H and O–H groups in total. The standard InChI is InChI=1S/C16H17BrN4OS/c1-20-6-4-16(9-20)10-21(13-3-2-11(17)8-12(13)16)15(22)19-14-18-5-7-23-14/h2-3,5,7-8H,4,6,9-10H2,1H3,(H,18,19,22)/t16-/m0/s1. The smallest absolute Gasteiger partial charge is 0.305 e. The average molecular weight is 393 g/mol. The first kappa shape index (κ1) is 15.1. The number of likely N-dealkylation sites (N-methyl/N-ethyl adjacent to an activating group) is 1. The van der Waals surface area contributed by atoms with Gasteiger partial charge in [0.2, 0.25) is 0 Å². The van der Waals surface area contributed by atoms with Crippen molar-refractivity contribution < 1.29 is 4.79 Å². The van der Waals surface area contributed by atoms with Gasteiger partial charge in [-0.3, -0.25) is 10.2 Å². The minimum Gasteiger partial charge on any atom is -0.305 e. The number of amides is 2. The van der Waals surface area contributed by atoms with Crippen LogP contribution in [0.4, 0.5) is 15.6 Å². The summed E-state index contributed by atoms with van der Waals surface area (Å²) in [4.78, 5) is 21.1. The summed E-state index contributed by atoms with van der Waals surface area (Å²) in [6.07, 6.45) is 2.77. The average Bonchev–Trinajstić information content (AvgIpc) is 3.21. The molecule has 1 saturated heterocycles. The summed E-state index contributed by atoms with van der Waals surface area (Å²) in [6.45, 7) is 2.77. The summed E-state index contributed by atoms with van der Waals surface area (Å²) < 4.78 is 1.06. The van der Waals surface area contributed by atoms with E-state index in [1.54, 1.807) is 6.20 Å². The van der Waals surface area contributed by atoms with Gasteiger partial charge in [0.05, 0.1) is 0 Å². The zero-order valence-corrected chi connectivity index (χ0v) is 15.2. The molecule has 120 valence electrons. The Balaban J connectivity index is 1.69. The Hall–Kier alpha value is -1.44. The summed E-state index contributed by atoms with van der Waals surface area (Å²) in [5, 5.41) is 5.40. The lowest BCUT2D eigenvalue weighted by molar-refractivity contribution is 0.256. The Morgan fingerprint density at radius 3 is 3.00 bits per heavy atom. The topological polar surface area (TPSA) is 48.5 Å². The van der Waals surface area contributed by atoms with Crippen LogP contribution in [0, 0.1) is 0 Å². The van der Waals surface area contributed by atoms with Crippen molar-refractivity contribution in [3.63, 3.8) is 0 Å². The number of urea groups is 1. The van der Waals surface area contributed by atoms with Crippen LogP contribution in [0.15, 0.2) is 34.2 Å². The summed E-state index contributed by atoms with van der Waals surface area (Å²) in [6, 6.07) is 6.11. The van der Waals surface area contributed by atoms with Gasteiger partial charge in [-0.25, -0.2) is 9.78 Å². The van der Waals surface area contributed by atoms with Crippen molar-refractivity contribution in [1.29, 1.82) is 0 Å². The number of carbonyl (C=O) groups is 1. The van der Waals surface area contributed by atoms with Gasteiger partial charge in [0, 0.05) is 40.2 Å². The normalized spacial score (nSPS) is 23.5. The van der Waals surface area contributed by atoms with Crippen LogP contribution in [-0.4, -0.2) is 42.6 Å². The zero-order chi connectivity index (χ0) is 16.0. The van der Waals surface area contributed by atoms with Gasteiger partial charge in [-0.15, -0.1) is 11.3 Å². The predicted octanol–water partition coefficient (Wildman–Crippen LogP) is 3.53. The molecule has 2 aliphatic heterocycles. The maximum atomic E-state index is 12.7. The highest BCUT2D eigenvalue weighted by Gasteiger charge is 2.48. The number of halogens is 1. The van der Waals surface area contributed by atoms with E-state index in [2.05, 4.69) is 44.2 Å². The van der Waals surface area contributed by atoms with Crippen molar-refractivity contribution >= 4 is 44.1 Å². The number of benzene rings is 1. The molecule has 7 heteroatoms. The quantitative estimate of drug-likeness (QED) is 0.807. The summed E-state index contributed by atoms with van der Waals surface area (Å²) in [5.74, 6) is 0. The molecule has 4 rings (SSSR count). The van der Waals surface area contributed by atoms with Gasteiger partial charge in [-0.1, -0.05) is 15.9 Å². The first-order chi connectivity index (χ1) is 11.1. The van der Waals surface area contributed by atoms with Crippen LogP contribution < -0.4 is 10.2 Å². The number of hydrogen-bond acceptors (Lipinski definition) is 4. The molecule has 1 aromatic heterocycles. The predicted molar refractivity (Wildman–Crippen MR) is 96.4 cm³/mol. The third-order valence-electron chi connectivity index (χ3n) is 4.72. The molecule has 5 nitrogen and oxygen atoms in total. The lowest BCUT2D eigenvalue weighted by Crippen LogP contribution is -2.40. The van der Waals surface area contributed by atoms with Crippen molar-refractivity contribution in [3.8, 4) is 0 Å². The van der Waals surface area contributed by atoms with E-state index >= 15 is 0 Å². The lowest BCUT2D eigenvalue weighted by atomic mass is 9.82. The number of likely N-dealkylation sites (tertiary alicyclic amines) is 1. The molecular formula is C16H17BrN4OS. The fourth-order valence-corrected chi connectivity index (χ4v) is 4.57. The van der Waals surface area contributed by atoms with Crippen LogP contribution >= 0.6 is 27.3 Å². The van der Waals surface area contributed by atoms with Crippen molar-refractivity contribution in [2.45, 2.75) is 11.8 Å². The number of carbonyl (C=O) groups excluding carboxylic acids is 1. The van der Waals surface area contributed by atoms with Gasteiger partial charge >= 0.3 is 6.03 Å². The maximum Gasteiger partial charge on any atom is 0.328 e. The van der Waals surface area contributed by atoms with Gasteiger partial charge in [0.1, 0.15) is 0 Å². The number of nitrogens with zero attached hydrogens (tertiary/aromatic N) is 3. The first-order valence-corrected chi connectivity index (χ1v) is 9.21. The van der Waals surface area contributed by atoms with E-state index in [4.69, 9.17) is 0 Å². The molecular weight excluding hydrogens is 376 g/mol. The zero-order valence-electron chi connectivity index (χ0n) is 12.8. The number of rotatable bonds is 1. The Kier molecular flexibility index (Phi) is 3.66. The summed E-state index contributed by atoms with van der Waals surface area (Å²) in [5.41, 5.74) is 2.32. The molecule has 2 aromatic rings. The maximum absolute atomic E-state index is 12.7. The molecule has 0 unspecified atom stereocenters. The van der Waals surface area contributed by atoms with Crippen molar-refractivity contribution in [2.24, 2.45) is 0 Å². The SMILES string of the molecule is CN1CC[C@]2(C1)CN(C(=O)Nc1nccs1)c1ccc(Br)cc12. The molecule has 2 aliphatic rings. The number of hydrogen-bond donors (Lipinski definition) is 1.